The number of nitrogens with one attached hydrogen (secondary N) is 1. The van der Waals surface area contributed by atoms with Crippen molar-refractivity contribution in [2.75, 3.05) is 13.2 Å². The number of hydrogen-bond acceptors (Lipinski definition) is 3. The molecule has 2 atom stereocenters. The van der Waals surface area contributed by atoms with Crippen LogP contribution in [0.1, 0.15) is 25.3 Å². The van der Waals surface area contributed by atoms with Crippen LogP contribution in [-0.4, -0.2) is 25.3 Å². The van der Waals surface area contributed by atoms with Gasteiger partial charge in [-0.2, -0.15) is 11.3 Å². The van der Waals surface area contributed by atoms with Gasteiger partial charge < -0.3 is 10.1 Å². The maximum absolute atomic E-state index is 5.46. The molecule has 2 nitrogen and oxygen atoms in total. The Kier molecular flexibility index (Phi) is 4.18. The van der Waals surface area contributed by atoms with E-state index in [1.54, 1.807) is 11.3 Å². The molecule has 1 aliphatic heterocycles. The quantitative estimate of drug-likeness (QED) is 0.850. The molecule has 0 aromatic carbocycles. The number of ether oxygens (including phenoxy) is 1. The van der Waals surface area contributed by atoms with Crippen molar-refractivity contribution in [1.82, 2.24) is 5.32 Å². The topological polar surface area (TPSA) is 21.3 Å². The number of hydrogen-bond donors (Lipinski definition) is 1. The first-order valence-electron chi connectivity index (χ1n) is 5.69. The molecule has 0 saturated carbocycles. The number of thiophene rings is 1. The van der Waals surface area contributed by atoms with Crippen LogP contribution < -0.4 is 5.32 Å². The Balaban J connectivity index is 1.74. The third-order valence-corrected chi connectivity index (χ3v) is 3.53. The van der Waals surface area contributed by atoms with Gasteiger partial charge in [0.05, 0.1) is 6.61 Å². The van der Waals surface area contributed by atoms with E-state index in [0.717, 1.165) is 19.6 Å². The van der Waals surface area contributed by atoms with E-state index in [1.165, 1.54) is 18.4 Å². The van der Waals surface area contributed by atoms with Gasteiger partial charge in [-0.25, -0.2) is 0 Å². The summed E-state index contributed by atoms with van der Waals surface area (Å²) in [4.78, 5) is 0. The molecule has 0 amide bonds. The minimum absolute atomic E-state index is 0.547. The summed E-state index contributed by atoms with van der Waals surface area (Å²) in [6, 6.07) is 3.32. The van der Waals surface area contributed by atoms with Gasteiger partial charge in [-0.3, -0.25) is 0 Å². The lowest BCUT2D eigenvalue weighted by molar-refractivity contribution is 0.0671. The third kappa shape index (κ3) is 3.59. The van der Waals surface area contributed by atoms with E-state index < -0.39 is 0 Å². The molecule has 84 valence electrons. The van der Waals surface area contributed by atoms with Gasteiger partial charge in [0.15, 0.2) is 0 Å². The predicted molar refractivity (Wildman–Crippen MR) is 64.5 cm³/mol. The molecule has 1 aliphatic rings. The Hall–Kier alpha value is -0.380. The molecule has 2 unspecified atom stereocenters. The molecule has 15 heavy (non-hydrogen) atoms. The second-order valence-electron chi connectivity index (χ2n) is 4.32. The first kappa shape index (κ1) is 11.1. The Morgan fingerprint density at radius 1 is 1.67 bits per heavy atom. The molecule has 1 fully saturated rings. The van der Waals surface area contributed by atoms with Gasteiger partial charge in [0.1, 0.15) is 0 Å². The molecule has 0 aliphatic carbocycles. The lowest BCUT2D eigenvalue weighted by Crippen LogP contribution is -2.42. The molecule has 0 spiro atoms. The van der Waals surface area contributed by atoms with E-state index in [4.69, 9.17) is 4.74 Å². The summed E-state index contributed by atoms with van der Waals surface area (Å²) in [6.45, 7) is 4.08. The molecule has 2 heterocycles. The fourth-order valence-electron chi connectivity index (χ4n) is 2.10. The monoisotopic (exact) mass is 225 g/mol. The Bertz CT molecular complexity index is 267. The summed E-state index contributed by atoms with van der Waals surface area (Å²) in [5.74, 6) is 0. The Morgan fingerprint density at radius 2 is 2.60 bits per heavy atom. The molecular formula is C12H19NOS. The van der Waals surface area contributed by atoms with Gasteiger partial charge in [0.2, 0.25) is 0 Å². The van der Waals surface area contributed by atoms with Crippen molar-refractivity contribution in [2.24, 2.45) is 0 Å². The highest BCUT2D eigenvalue weighted by Gasteiger charge is 2.15. The van der Waals surface area contributed by atoms with Gasteiger partial charge in [-0.15, -0.1) is 0 Å². The van der Waals surface area contributed by atoms with Gasteiger partial charge in [0.25, 0.3) is 0 Å². The molecular weight excluding hydrogens is 206 g/mol. The summed E-state index contributed by atoms with van der Waals surface area (Å²) in [7, 11) is 0. The zero-order valence-electron chi connectivity index (χ0n) is 9.24. The molecule has 2 rings (SSSR count). The van der Waals surface area contributed by atoms with Gasteiger partial charge >= 0.3 is 0 Å². The van der Waals surface area contributed by atoms with Crippen LogP contribution in [-0.2, 0) is 11.2 Å². The van der Waals surface area contributed by atoms with Crippen molar-refractivity contribution in [3.63, 3.8) is 0 Å². The van der Waals surface area contributed by atoms with E-state index in [9.17, 15) is 0 Å². The van der Waals surface area contributed by atoms with Gasteiger partial charge in [-0.1, -0.05) is 0 Å². The summed E-state index contributed by atoms with van der Waals surface area (Å²) >= 11 is 1.78. The normalized spacial score (nSPS) is 23.9. The van der Waals surface area contributed by atoms with Crippen molar-refractivity contribution in [3.05, 3.63) is 22.4 Å². The Morgan fingerprint density at radius 3 is 3.27 bits per heavy atom. The first-order chi connectivity index (χ1) is 7.34. The fourth-order valence-corrected chi connectivity index (χ4v) is 2.78. The van der Waals surface area contributed by atoms with E-state index in [2.05, 4.69) is 29.1 Å². The zero-order valence-corrected chi connectivity index (χ0v) is 10.1. The van der Waals surface area contributed by atoms with Crippen molar-refractivity contribution in [3.8, 4) is 0 Å². The smallest absolute Gasteiger partial charge is 0.0619 e. The van der Waals surface area contributed by atoms with Crippen LogP contribution in [0.2, 0.25) is 0 Å². The highest BCUT2D eigenvalue weighted by Crippen LogP contribution is 2.11. The average molecular weight is 225 g/mol. The summed E-state index contributed by atoms with van der Waals surface area (Å²) in [6.07, 6.45) is 3.58. The molecule has 1 saturated heterocycles. The lowest BCUT2D eigenvalue weighted by Gasteiger charge is -2.26. The standard InChI is InChI=1S/C12H19NOS/c1-10(7-11-4-6-15-9-11)13-12-3-2-5-14-8-12/h4,6,9-10,12-13H,2-3,5,7-8H2,1H3. The van der Waals surface area contributed by atoms with Crippen molar-refractivity contribution in [1.29, 1.82) is 0 Å². The van der Waals surface area contributed by atoms with Crippen LogP contribution in [0, 0.1) is 0 Å². The highest BCUT2D eigenvalue weighted by molar-refractivity contribution is 7.07. The van der Waals surface area contributed by atoms with Gasteiger partial charge in [-0.05, 0) is 48.6 Å². The molecule has 1 aromatic heterocycles. The number of rotatable bonds is 4. The maximum atomic E-state index is 5.46. The van der Waals surface area contributed by atoms with Crippen LogP contribution in [0.15, 0.2) is 16.8 Å². The second kappa shape index (κ2) is 5.64. The van der Waals surface area contributed by atoms with E-state index in [0.29, 0.717) is 12.1 Å². The van der Waals surface area contributed by atoms with Crippen LogP contribution in [0.3, 0.4) is 0 Å². The summed E-state index contributed by atoms with van der Waals surface area (Å²) in [5.41, 5.74) is 1.44. The van der Waals surface area contributed by atoms with Crippen molar-refractivity contribution in [2.45, 2.75) is 38.3 Å². The average Bonchev–Trinajstić information content (AvgIpc) is 2.71. The van der Waals surface area contributed by atoms with Crippen LogP contribution in [0.25, 0.3) is 0 Å². The molecule has 1 N–H and O–H groups in total. The highest BCUT2D eigenvalue weighted by atomic mass is 32.1. The first-order valence-corrected chi connectivity index (χ1v) is 6.64. The largest absolute Gasteiger partial charge is 0.380 e. The second-order valence-corrected chi connectivity index (χ2v) is 5.10. The minimum Gasteiger partial charge on any atom is -0.380 e. The minimum atomic E-state index is 0.547. The molecule has 0 radical (unpaired) electrons. The Labute approximate surface area is 95.6 Å². The van der Waals surface area contributed by atoms with E-state index >= 15 is 0 Å². The van der Waals surface area contributed by atoms with Gasteiger partial charge in [0, 0.05) is 18.7 Å². The maximum Gasteiger partial charge on any atom is 0.0619 e. The fraction of sp³-hybridized carbons (Fsp3) is 0.667. The van der Waals surface area contributed by atoms with Crippen molar-refractivity contribution < 1.29 is 4.74 Å². The predicted octanol–water partition coefficient (Wildman–Crippen LogP) is 2.45. The third-order valence-electron chi connectivity index (χ3n) is 2.80. The lowest BCUT2D eigenvalue weighted by atomic mass is 10.1. The summed E-state index contributed by atoms with van der Waals surface area (Å²) in [5, 5.41) is 8.01. The van der Waals surface area contributed by atoms with E-state index in [1.807, 2.05) is 0 Å². The SMILES string of the molecule is CC(Cc1ccsc1)NC1CCCOC1. The zero-order chi connectivity index (χ0) is 10.5. The molecule has 1 aromatic rings. The van der Waals surface area contributed by atoms with Crippen LogP contribution in [0.5, 0.6) is 0 Å². The van der Waals surface area contributed by atoms with E-state index in [-0.39, 0.29) is 0 Å². The van der Waals surface area contributed by atoms with Crippen LogP contribution in [0.4, 0.5) is 0 Å². The molecule has 3 heteroatoms. The molecule has 0 bridgehead atoms. The van der Waals surface area contributed by atoms with Crippen molar-refractivity contribution >= 4 is 11.3 Å². The summed E-state index contributed by atoms with van der Waals surface area (Å²) < 4.78 is 5.46. The van der Waals surface area contributed by atoms with Crippen LogP contribution >= 0.6 is 11.3 Å².